The Morgan fingerprint density at radius 3 is 2.52 bits per heavy atom. The largest absolute Gasteiger partial charge is 0.449 e. The van der Waals surface area contributed by atoms with E-state index in [1.807, 2.05) is 31.3 Å². The van der Waals surface area contributed by atoms with Gasteiger partial charge in [0.1, 0.15) is 17.9 Å². The van der Waals surface area contributed by atoms with Gasteiger partial charge in [-0.3, -0.25) is 0 Å². The van der Waals surface area contributed by atoms with Gasteiger partial charge in [-0.15, -0.1) is 0 Å². The van der Waals surface area contributed by atoms with Gasteiger partial charge >= 0.3 is 0 Å². The molecule has 0 saturated heterocycles. The molecule has 0 spiro atoms. The lowest BCUT2D eigenvalue weighted by Gasteiger charge is -2.19. The van der Waals surface area contributed by atoms with Crippen LogP contribution in [0.4, 0.5) is 5.82 Å². The molecule has 0 atom stereocenters. The zero-order valence-electron chi connectivity index (χ0n) is 15.9. The van der Waals surface area contributed by atoms with Gasteiger partial charge in [-0.2, -0.15) is 0 Å². The summed E-state index contributed by atoms with van der Waals surface area (Å²) >= 11 is 0. The second-order valence-corrected chi connectivity index (χ2v) is 6.45. The van der Waals surface area contributed by atoms with E-state index in [-0.39, 0.29) is 0 Å². The van der Waals surface area contributed by atoms with E-state index < -0.39 is 0 Å². The van der Waals surface area contributed by atoms with Crippen LogP contribution < -0.4 is 4.90 Å². The van der Waals surface area contributed by atoms with Crippen molar-refractivity contribution in [2.75, 3.05) is 18.0 Å². The Labute approximate surface area is 158 Å². The van der Waals surface area contributed by atoms with Crippen molar-refractivity contribution in [3.63, 3.8) is 0 Å². The van der Waals surface area contributed by atoms with Crippen LogP contribution in [0.5, 0.6) is 0 Å². The number of aryl methyl sites for hydroxylation is 1. The van der Waals surface area contributed by atoms with Crippen LogP contribution >= 0.6 is 0 Å². The van der Waals surface area contributed by atoms with Gasteiger partial charge in [0, 0.05) is 31.8 Å². The fourth-order valence-electron chi connectivity index (χ4n) is 3.35. The predicted octanol–water partition coefficient (Wildman–Crippen LogP) is 4.29. The topological polar surface area (TPSA) is 60.0 Å². The summed E-state index contributed by atoms with van der Waals surface area (Å²) < 4.78 is 7.54. The van der Waals surface area contributed by atoms with Crippen LogP contribution in [-0.4, -0.2) is 32.6 Å². The molecule has 6 nitrogen and oxygen atoms in total. The van der Waals surface area contributed by atoms with Gasteiger partial charge in [0.25, 0.3) is 0 Å². The summed E-state index contributed by atoms with van der Waals surface area (Å²) in [4.78, 5) is 16.2. The monoisotopic (exact) mass is 361 g/mol. The van der Waals surface area contributed by atoms with E-state index in [2.05, 4.69) is 51.5 Å². The maximum Gasteiger partial charge on any atom is 0.191 e. The average Bonchev–Trinajstić information content (AvgIpc) is 3.27. The summed E-state index contributed by atoms with van der Waals surface area (Å²) in [6, 6.07) is 12.3. The number of benzene rings is 1. The van der Waals surface area contributed by atoms with E-state index in [0.29, 0.717) is 12.4 Å². The second kappa shape index (κ2) is 7.23. The van der Waals surface area contributed by atoms with E-state index in [1.54, 1.807) is 6.26 Å². The van der Waals surface area contributed by atoms with E-state index in [0.717, 1.165) is 47.0 Å². The lowest BCUT2D eigenvalue weighted by atomic mass is 10.2. The normalized spacial score (nSPS) is 11.2. The van der Waals surface area contributed by atoms with Crippen molar-refractivity contribution in [3.8, 4) is 11.4 Å². The third-order valence-corrected chi connectivity index (χ3v) is 4.73. The van der Waals surface area contributed by atoms with Crippen molar-refractivity contribution in [2.45, 2.75) is 27.3 Å². The van der Waals surface area contributed by atoms with Crippen molar-refractivity contribution < 1.29 is 4.42 Å². The third-order valence-electron chi connectivity index (χ3n) is 4.73. The van der Waals surface area contributed by atoms with Crippen molar-refractivity contribution in [2.24, 2.45) is 0 Å². The highest BCUT2D eigenvalue weighted by Crippen LogP contribution is 2.26. The Bertz CT molecular complexity index is 1040. The highest BCUT2D eigenvalue weighted by molar-refractivity contribution is 5.80. The minimum Gasteiger partial charge on any atom is -0.449 e. The molecule has 27 heavy (non-hydrogen) atoms. The summed E-state index contributed by atoms with van der Waals surface area (Å²) in [6.45, 7) is 8.61. The molecule has 1 aromatic carbocycles. The van der Waals surface area contributed by atoms with Gasteiger partial charge in [-0.1, -0.05) is 12.1 Å². The number of aromatic nitrogens is 4. The number of oxazole rings is 1. The number of rotatable bonds is 6. The van der Waals surface area contributed by atoms with Crippen LogP contribution in [0.25, 0.3) is 22.4 Å². The van der Waals surface area contributed by atoms with Crippen LogP contribution in [0.15, 0.2) is 53.3 Å². The molecule has 0 fully saturated rings. The number of hydrogen-bond donors (Lipinski definition) is 0. The Balaban J connectivity index is 1.77. The zero-order valence-corrected chi connectivity index (χ0v) is 15.9. The number of para-hydroxylation sites is 2. The molecule has 0 unspecified atom stereocenters. The SMILES string of the molecule is CCN(CC)c1ccc(-c2nc3ccccc3n2Cc2coc(C)n2)cn1. The van der Waals surface area contributed by atoms with Crippen LogP contribution in [0.2, 0.25) is 0 Å². The molecule has 0 N–H and O–H groups in total. The Hall–Kier alpha value is -3.15. The van der Waals surface area contributed by atoms with Crippen molar-refractivity contribution in [1.82, 2.24) is 19.5 Å². The molecule has 0 amide bonds. The van der Waals surface area contributed by atoms with Crippen LogP contribution in [0, 0.1) is 6.92 Å². The molecule has 0 radical (unpaired) electrons. The maximum atomic E-state index is 5.37. The van der Waals surface area contributed by atoms with Crippen molar-refractivity contribution in [1.29, 1.82) is 0 Å². The van der Waals surface area contributed by atoms with Gasteiger partial charge in [0.2, 0.25) is 0 Å². The van der Waals surface area contributed by atoms with Gasteiger partial charge < -0.3 is 13.9 Å². The third kappa shape index (κ3) is 3.30. The van der Waals surface area contributed by atoms with Gasteiger partial charge in [0.05, 0.1) is 23.3 Å². The molecule has 3 heterocycles. The molecular weight excluding hydrogens is 338 g/mol. The summed E-state index contributed by atoms with van der Waals surface area (Å²) in [5.41, 5.74) is 3.90. The fourth-order valence-corrected chi connectivity index (χ4v) is 3.35. The first-order valence-corrected chi connectivity index (χ1v) is 9.27. The molecule has 0 aliphatic carbocycles. The minimum absolute atomic E-state index is 0.602. The fraction of sp³-hybridized carbons (Fsp3) is 0.286. The van der Waals surface area contributed by atoms with E-state index >= 15 is 0 Å². The minimum atomic E-state index is 0.602. The lowest BCUT2D eigenvalue weighted by molar-refractivity contribution is 0.520. The average molecular weight is 361 g/mol. The Kier molecular flexibility index (Phi) is 4.62. The van der Waals surface area contributed by atoms with Crippen molar-refractivity contribution >= 4 is 16.9 Å². The van der Waals surface area contributed by atoms with Crippen LogP contribution in [0.1, 0.15) is 25.4 Å². The standard InChI is InChI=1S/C21H23N5O/c1-4-25(5-2)20-11-10-16(12-22-20)21-24-18-8-6-7-9-19(18)26(21)13-17-14-27-15(3)23-17/h6-12,14H,4-5,13H2,1-3H3. The number of imidazole rings is 1. The first-order valence-electron chi connectivity index (χ1n) is 9.27. The summed E-state index contributed by atoms with van der Waals surface area (Å²) in [5, 5.41) is 0. The van der Waals surface area contributed by atoms with Crippen LogP contribution in [0.3, 0.4) is 0 Å². The van der Waals surface area contributed by atoms with Crippen molar-refractivity contribution in [3.05, 3.63) is 60.4 Å². The number of anilines is 1. The highest BCUT2D eigenvalue weighted by atomic mass is 16.3. The van der Waals surface area contributed by atoms with Gasteiger partial charge in [-0.05, 0) is 38.1 Å². The molecule has 4 aromatic rings. The van der Waals surface area contributed by atoms with Crippen LogP contribution in [-0.2, 0) is 6.54 Å². The highest BCUT2D eigenvalue weighted by Gasteiger charge is 2.15. The number of hydrogen-bond acceptors (Lipinski definition) is 5. The summed E-state index contributed by atoms with van der Waals surface area (Å²) in [5.74, 6) is 2.54. The number of nitrogens with zero attached hydrogens (tertiary/aromatic N) is 5. The molecule has 4 rings (SSSR count). The molecule has 0 bridgehead atoms. The first-order chi connectivity index (χ1) is 13.2. The summed E-state index contributed by atoms with van der Waals surface area (Å²) in [6.07, 6.45) is 3.61. The van der Waals surface area contributed by atoms with E-state index in [1.165, 1.54) is 0 Å². The molecule has 0 aliphatic rings. The quantitative estimate of drug-likeness (QED) is 0.513. The Morgan fingerprint density at radius 2 is 1.85 bits per heavy atom. The zero-order chi connectivity index (χ0) is 18.8. The second-order valence-electron chi connectivity index (χ2n) is 6.45. The smallest absolute Gasteiger partial charge is 0.191 e. The molecule has 0 aliphatic heterocycles. The predicted molar refractivity (Wildman–Crippen MR) is 107 cm³/mol. The number of fused-ring (bicyclic) bond motifs is 1. The summed E-state index contributed by atoms with van der Waals surface area (Å²) in [7, 11) is 0. The Morgan fingerprint density at radius 1 is 1.04 bits per heavy atom. The molecule has 138 valence electrons. The molecule has 6 heteroatoms. The van der Waals surface area contributed by atoms with Gasteiger partial charge in [-0.25, -0.2) is 15.0 Å². The molecule has 0 saturated carbocycles. The van der Waals surface area contributed by atoms with E-state index in [9.17, 15) is 0 Å². The number of pyridine rings is 1. The van der Waals surface area contributed by atoms with E-state index in [4.69, 9.17) is 9.40 Å². The lowest BCUT2D eigenvalue weighted by Crippen LogP contribution is -2.22. The van der Waals surface area contributed by atoms with Gasteiger partial charge in [0.15, 0.2) is 5.89 Å². The molecule has 3 aromatic heterocycles. The molecular formula is C21H23N5O. The first kappa shape index (κ1) is 17.3. The maximum absolute atomic E-state index is 5.37.